The van der Waals surface area contributed by atoms with Gasteiger partial charge >= 0.3 is 0 Å². The highest BCUT2D eigenvalue weighted by Gasteiger charge is 2.08. The van der Waals surface area contributed by atoms with E-state index in [1.54, 1.807) is 6.07 Å². The van der Waals surface area contributed by atoms with Crippen LogP contribution < -0.4 is 10.5 Å². The van der Waals surface area contributed by atoms with Crippen LogP contribution in [0.15, 0.2) is 36.4 Å². The molecule has 2 nitrogen and oxygen atoms in total. The van der Waals surface area contributed by atoms with E-state index < -0.39 is 11.6 Å². The molecule has 0 bridgehead atoms. The molecule has 20 heavy (non-hydrogen) atoms. The molecule has 0 spiro atoms. The number of benzene rings is 2. The van der Waals surface area contributed by atoms with Crippen molar-refractivity contribution in [2.45, 2.75) is 6.61 Å². The molecule has 0 aliphatic rings. The van der Waals surface area contributed by atoms with Gasteiger partial charge in [-0.2, -0.15) is 0 Å². The number of halogens is 3. The molecule has 0 fully saturated rings. The summed E-state index contributed by atoms with van der Waals surface area (Å²) in [6, 6.07) is 8.05. The summed E-state index contributed by atoms with van der Waals surface area (Å²) in [5.41, 5.74) is 6.24. The lowest BCUT2D eigenvalue weighted by molar-refractivity contribution is 0.290. The zero-order valence-corrected chi connectivity index (χ0v) is 11.8. The summed E-state index contributed by atoms with van der Waals surface area (Å²) in [6.07, 6.45) is 0. The fourth-order valence-electron chi connectivity index (χ4n) is 1.58. The molecule has 2 aromatic carbocycles. The minimum atomic E-state index is -0.595. The summed E-state index contributed by atoms with van der Waals surface area (Å²) >= 11 is 10.6. The summed E-state index contributed by atoms with van der Waals surface area (Å²) < 4.78 is 32.1. The maximum Gasteiger partial charge on any atom is 0.165 e. The number of hydrogen-bond donors (Lipinski definition) is 1. The highest BCUT2D eigenvalue weighted by molar-refractivity contribution is 7.80. The Morgan fingerprint density at radius 3 is 2.60 bits per heavy atom. The Hall–Kier alpha value is -1.72. The van der Waals surface area contributed by atoms with Crippen LogP contribution in [0.25, 0.3) is 0 Å². The van der Waals surface area contributed by atoms with Gasteiger partial charge in [0.2, 0.25) is 0 Å². The summed E-state index contributed by atoms with van der Waals surface area (Å²) in [7, 11) is 0. The SMILES string of the molecule is NC(=S)c1ccc(OCc2cc(F)ccc2Cl)c(F)c1. The molecule has 2 rings (SSSR count). The molecule has 2 aromatic rings. The molecule has 0 atom stereocenters. The molecule has 0 amide bonds. The number of rotatable bonds is 4. The third-order valence-electron chi connectivity index (χ3n) is 2.61. The van der Waals surface area contributed by atoms with Gasteiger partial charge in [0.15, 0.2) is 11.6 Å². The van der Waals surface area contributed by atoms with E-state index in [0.717, 1.165) is 0 Å². The largest absolute Gasteiger partial charge is 0.486 e. The molecular weight excluding hydrogens is 304 g/mol. The lowest BCUT2D eigenvalue weighted by Gasteiger charge is -2.09. The summed E-state index contributed by atoms with van der Waals surface area (Å²) in [5.74, 6) is -1.01. The predicted molar refractivity (Wildman–Crippen MR) is 78.0 cm³/mol. The average Bonchev–Trinajstić information content (AvgIpc) is 2.40. The van der Waals surface area contributed by atoms with Crippen LogP contribution in [0.1, 0.15) is 11.1 Å². The number of nitrogens with two attached hydrogens (primary N) is 1. The van der Waals surface area contributed by atoms with E-state index in [2.05, 4.69) is 0 Å². The first-order valence-electron chi connectivity index (χ1n) is 5.63. The molecule has 0 saturated carbocycles. The van der Waals surface area contributed by atoms with Gasteiger partial charge in [-0.05, 0) is 36.4 Å². The number of hydrogen-bond acceptors (Lipinski definition) is 2. The van der Waals surface area contributed by atoms with E-state index >= 15 is 0 Å². The van der Waals surface area contributed by atoms with Crippen LogP contribution in [0.3, 0.4) is 0 Å². The first-order valence-corrected chi connectivity index (χ1v) is 6.42. The minimum absolute atomic E-state index is 0.0188. The summed E-state index contributed by atoms with van der Waals surface area (Å²) in [6.45, 7) is -0.0417. The lowest BCUT2D eigenvalue weighted by atomic mass is 10.2. The maximum absolute atomic E-state index is 13.7. The van der Waals surface area contributed by atoms with Gasteiger partial charge in [-0.3, -0.25) is 0 Å². The molecule has 0 radical (unpaired) electrons. The van der Waals surface area contributed by atoms with Crippen molar-refractivity contribution in [1.29, 1.82) is 0 Å². The van der Waals surface area contributed by atoms with Crippen molar-refractivity contribution in [1.82, 2.24) is 0 Å². The molecule has 104 valence electrons. The van der Waals surface area contributed by atoms with Crippen molar-refractivity contribution < 1.29 is 13.5 Å². The van der Waals surface area contributed by atoms with Crippen molar-refractivity contribution in [3.8, 4) is 5.75 Å². The van der Waals surface area contributed by atoms with Crippen molar-refractivity contribution >= 4 is 28.8 Å². The average molecular weight is 314 g/mol. The lowest BCUT2D eigenvalue weighted by Crippen LogP contribution is -2.09. The Balaban J connectivity index is 2.15. The molecule has 0 saturated heterocycles. The maximum atomic E-state index is 13.7. The minimum Gasteiger partial charge on any atom is -0.486 e. The number of ether oxygens (including phenoxy) is 1. The van der Waals surface area contributed by atoms with Crippen LogP contribution in [0.5, 0.6) is 5.75 Å². The second kappa shape index (κ2) is 6.15. The first kappa shape index (κ1) is 14.7. The third kappa shape index (κ3) is 3.43. The monoisotopic (exact) mass is 313 g/mol. The second-order valence-electron chi connectivity index (χ2n) is 4.03. The van der Waals surface area contributed by atoms with E-state index in [9.17, 15) is 8.78 Å². The van der Waals surface area contributed by atoms with Gasteiger partial charge in [-0.15, -0.1) is 0 Å². The Kier molecular flexibility index (Phi) is 4.52. The van der Waals surface area contributed by atoms with Gasteiger partial charge in [-0.25, -0.2) is 8.78 Å². The zero-order chi connectivity index (χ0) is 14.7. The van der Waals surface area contributed by atoms with Gasteiger partial charge in [0.1, 0.15) is 17.4 Å². The quantitative estimate of drug-likeness (QED) is 0.871. The second-order valence-corrected chi connectivity index (χ2v) is 4.88. The van der Waals surface area contributed by atoms with Crippen LogP contribution in [-0.4, -0.2) is 4.99 Å². The van der Waals surface area contributed by atoms with Crippen LogP contribution in [0.2, 0.25) is 5.02 Å². The topological polar surface area (TPSA) is 35.2 Å². The first-order chi connectivity index (χ1) is 9.47. The Bertz CT molecular complexity index is 664. The van der Waals surface area contributed by atoms with Crippen molar-refractivity contribution in [2.24, 2.45) is 5.73 Å². The van der Waals surface area contributed by atoms with Crippen LogP contribution in [0.4, 0.5) is 8.78 Å². The Labute approximate surface area is 125 Å². The fourth-order valence-corrected chi connectivity index (χ4v) is 1.88. The van der Waals surface area contributed by atoms with Gasteiger partial charge in [0.25, 0.3) is 0 Å². The van der Waals surface area contributed by atoms with Gasteiger partial charge < -0.3 is 10.5 Å². The van der Waals surface area contributed by atoms with Gasteiger partial charge in [0.05, 0.1) is 0 Å². The fraction of sp³-hybridized carbons (Fsp3) is 0.0714. The standard InChI is InChI=1S/C14H10ClF2NOS/c15-11-3-2-10(16)5-9(11)7-19-13-4-1-8(14(18)20)6-12(13)17/h1-6H,7H2,(H2,18,20). The zero-order valence-electron chi connectivity index (χ0n) is 10.2. The molecular formula is C14H10ClF2NOS. The van der Waals surface area contributed by atoms with Crippen molar-refractivity contribution in [3.63, 3.8) is 0 Å². The van der Waals surface area contributed by atoms with E-state index in [1.165, 1.54) is 30.3 Å². The molecule has 0 aromatic heterocycles. The van der Waals surface area contributed by atoms with Crippen molar-refractivity contribution in [3.05, 3.63) is 64.2 Å². The Morgan fingerprint density at radius 1 is 1.20 bits per heavy atom. The molecule has 2 N–H and O–H groups in total. The molecule has 0 unspecified atom stereocenters. The normalized spacial score (nSPS) is 10.3. The van der Waals surface area contributed by atoms with Crippen LogP contribution >= 0.6 is 23.8 Å². The molecule has 0 heterocycles. The van der Waals surface area contributed by atoms with Gasteiger partial charge in [0, 0.05) is 16.1 Å². The summed E-state index contributed by atoms with van der Waals surface area (Å²) in [5, 5.41) is 0.353. The van der Waals surface area contributed by atoms with Crippen molar-refractivity contribution in [2.75, 3.05) is 0 Å². The van der Waals surface area contributed by atoms with E-state index in [0.29, 0.717) is 16.1 Å². The van der Waals surface area contributed by atoms with Gasteiger partial charge in [-0.1, -0.05) is 23.8 Å². The van der Waals surface area contributed by atoms with Crippen LogP contribution in [0, 0.1) is 11.6 Å². The molecule has 6 heteroatoms. The highest BCUT2D eigenvalue weighted by Crippen LogP contribution is 2.22. The Morgan fingerprint density at radius 2 is 1.95 bits per heavy atom. The number of thiocarbonyl (C=S) groups is 1. The van der Waals surface area contributed by atoms with Crippen LogP contribution in [-0.2, 0) is 6.61 Å². The summed E-state index contributed by atoms with van der Waals surface area (Å²) in [4.78, 5) is 0.101. The predicted octanol–water partition coefficient (Wildman–Crippen LogP) is 3.83. The van der Waals surface area contributed by atoms with E-state index in [-0.39, 0.29) is 17.3 Å². The highest BCUT2D eigenvalue weighted by atomic mass is 35.5. The van der Waals surface area contributed by atoms with E-state index in [1.807, 2.05) is 0 Å². The third-order valence-corrected chi connectivity index (χ3v) is 3.21. The molecule has 0 aliphatic heterocycles. The smallest absolute Gasteiger partial charge is 0.165 e. The molecule has 0 aliphatic carbocycles. The van der Waals surface area contributed by atoms with E-state index in [4.69, 9.17) is 34.3 Å².